The molecule has 0 saturated heterocycles. The van der Waals surface area contributed by atoms with E-state index in [0.29, 0.717) is 17.8 Å². The maximum absolute atomic E-state index is 13.9. The fourth-order valence-corrected chi connectivity index (χ4v) is 4.99. The zero-order valence-electron chi connectivity index (χ0n) is 21.9. The highest BCUT2D eigenvalue weighted by atomic mass is 32.2. The summed E-state index contributed by atoms with van der Waals surface area (Å²) in [7, 11) is -3.82. The molecule has 0 saturated carbocycles. The van der Waals surface area contributed by atoms with Crippen molar-refractivity contribution in [3.63, 3.8) is 0 Å². The first-order valence-electron chi connectivity index (χ1n) is 12.5. The first kappa shape index (κ1) is 28.8. The zero-order valence-corrected chi connectivity index (χ0v) is 22.7. The maximum Gasteiger partial charge on any atom is 0.244 e. The summed E-state index contributed by atoms with van der Waals surface area (Å²) in [5.74, 6) is -1.33. The fraction of sp³-hybridized carbons (Fsp3) is 0.310. The second-order valence-corrected chi connectivity index (χ2v) is 10.9. The molecule has 3 rings (SSSR count). The predicted octanol–water partition coefficient (Wildman–Crippen LogP) is 3.93. The van der Waals surface area contributed by atoms with Crippen LogP contribution in [0.25, 0.3) is 0 Å². The van der Waals surface area contributed by atoms with Gasteiger partial charge in [0.15, 0.2) is 0 Å². The third-order valence-corrected chi connectivity index (χ3v) is 7.34. The van der Waals surface area contributed by atoms with Crippen molar-refractivity contribution in [2.24, 2.45) is 0 Å². The van der Waals surface area contributed by atoms with Crippen LogP contribution in [0.2, 0.25) is 0 Å². The molecule has 3 aromatic carbocycles. The number of sulfonamides is 1. The lowest BCUT2D eigenvalue weighted by atomic mass is 10.0. The smallest absolute Gasteiger partial charge is 0.244 e. The molecule has 0 heterocycles. The van der Waals surface area contributed by atoms with Gasteiger partial charge in [0.25, 0.3) is 0 Å². The Morgan fingerprint density at radius 3 is 2.03 bits per heavy atom. The van der Waals surface area contributed by atoms with Gasteiger partial charge in [0.05, 0.1) is 11.9 Å². The number of benzene rings is 3. The van der Waals surface area contributed by atoms with E-state index in [9.17, 15) is 22.4 Å². The highest BCUT2D eigenvalue weighted by Gasteiger charge is 2.32. The van der Waals surface area contributed by atoms with Crippen LogP contribution in [0.15, 0.2) is 78.9 Å². The number of rotatable bonds is 12. The van der Waals surface area contributed by atoms with Crippen molar-refractivity contribution < 1.29 is 22.4 Å². The molecule has 0 aromatic heterocycles. The third kappa shape index (κ3) is 7.89. The molecule has 38 heavy (non-hydrogen) atoms. The summed E-state index contributed by atoms with van der Waals surface area (Å²) in [4.78, 5) is 28.5. The molecule has 0 spiro atoms. The average molecular weight is 540 g/mol. The van der Waals surface area contributed by atoms with Crippen molar-refractivity contribution in [2.45, 2.75) is 39.3 Å². The van der Waals surface area contributed by atoms with Gasteiger partial charge in [-0.1, -0.05) is 61.5 Å². The van der Waals surface area contributed by atoms with Crippen LogP contribution in [0.3, 0.4) is 0 Å². The van der Waals surface area contributed by atoms with Gasteiger partial charge in [-0.05, 0) is 54.3 Å². The standard InChI is InChI=1S/C29H34FN3O4S/c1-4-22-13-17-26(18-14-22)33(38(3,36)37)21-28(34)32(20-24-11-15-25(30)16-12-24)27(29(35)31-5-2)19-23-9-7-6-8-10-23/h6-18,27H,4-5,19-21H2,1-3H3,(H,31,35)/t27-/m1/s1. The van der Waals surface area contributed by atoms with Gasteiger partial charge in [0.1, 0.15) is 18.4 Å². The highest BCUT2D eigenvalue weighted by Crippen LogP contribution is 2.21. The summed E-state index contributed by atoms with van der Waals surface area (Å²) in [6.07, 6.45) is 2.06. The van der Waals surface area contributed by atoms with Crippen LogP contribution in [0, 0.1) is 5.82 Å². The number of anilines is 1. The minimum atomic E-state index is -3.82. The number of likely N-dealkylation sites (N-methyl/N-ethyl adjacent to an activating group) is 1. The molecule has 0 unspecified atom stereocenters. The molecule has 0 radical (unpaired) electrons. The molecule has 0 fully saturated rings. The Balaban J connectivity index is 2.01. The molecule has 0 aliphatic rings. The summed E-state index contributed by atoms with van der Waals surface area (Å²) in [5.41, 5.74) is 2.85. The monoisotopic (exact) mass is 539 g/mol. The van der Waals surface area contributed by atoms with Crippen LogP contribution >= 0.6 is 0 Å². The summed E-state index contributed by atoms with van der Waals surface area (Å²) >= 11 is 0. The summed E-state index contributed by atoms with van der Waals surface area (Å²) in [5, 5.41) is 2.80. The number of nitrogens with zero attached hydrogens (tertiary/aromatic N) is 2. The molecule has 202 valence electrons. The van der Waals surface area contributed by atoms with Crippen molar-refractivity contribution >= 4 is 27.5 Å². The Morgan fingerprint density at radius 2 is 1.47 bits per heavy atom. The van der Waals surface area contributed by atoms with Gasteiger partial charge < -0.3 is 10.2 Å². The normalized spacial score (nSPS) is 12.0. The SMILES string of the molecule is CCNC(=O)[C@@H](Cc1ccccc1)N(Cc1ccc(F)cc1)C(=O)CN(c1ccc(CC)cc1)S(C)(=O)=O. The first-order valence-corrected chi connectivity index (χ1v) is 14.4. The molecule has 0 aliphatic carbocycles. The molecule has 0 bridgehead atoms. The quantitative estimate of drug-likeness (QED) is 0.378. The van der Waals surface area contributed by atoms with Crippen LogP contribution in [0.4, 0.5) is 10.1 Å². The van der Waals surface area contributed by atoms with Crippen molar-refractivity contribution in [3.8, 4) is 0 Å². The third-order valence-electron chi connectivity index (χ3n) is 6.20. The number of amides is 2. The van der Waals surface area contributed by atoms with Crippen LogP contribution in [-0.2, 0) is 39.0 Å². The van der Waals surface area contributed by atoms with E-state index < -0.39 is 34.3 Å². The zero-order chi connectivity index (χ0) is 27.7. The minimum Gasteiger partial charge on any atom is -0.355 e. The van der Waals surface area contributed by atoms with E-state index in [1.807, 2.05) is 49.4 Å². The minimum absolute atomic E-state index is 0.000121. The van der Waals surface area contributed by atoms with E-state index in [-0.39, 0.29) is 18.9 Å². The summed E-state index contributed by atoms with van der Waals surface area (Å²) in [6, 6.07) is 21.0. The van der Waals surface area contributed by atoms with Crippen LogP contribution in [-0.4, -0.2) is 50.5 Å². The van der Waals surface area contributed by atoms with E-state index >= 15 is 0 Å². The van der Waals surface area contributed by atoms with E-state index in [1.54, 1.807) is 31.2 Å². The molecule has 3 aromatic rings. The number of carbonyl (C=O) groups is 2. The Morgan fingerprint density at radius 1 is 0.868 bits per heavy atom. The van der Waals surface area contributed by atoms with E-state index in [2.05, 4.69) is 5.32 Å². The first-order chi connectivity index (χ1) is 18.1. The number of halogens is 1. The lowest BCUT2D eigenvalue weighted by molar-refractivity contribution is -0.140. The van der Waals surface area contributed by atoms with Crippen molar-refractivity contribution in [2.75, 3.05) is 23.7 Å². The summed E-state index contributed by atoms with van der Waals surface area (Å²) in [6.45, 7) is 3.65. The Bertz CT molecular complexity index is 1310. The molecule has 0 aliphatic heterocycles. The van der Waals surface area contributed by atoms with Gasteiger partial charge in [-0.3, -0.25) is 13.9 Å². The van der Waals surface area contributed by atoms with Crippen molar-refractivity contribution in [3.05, 3.63) is 101 Å². The van der Waals surface area contributed by atoms with E-state index in [4.69, 9.17) is 0 Å². The van der Waals surface area contributed by atoms with E-state index in [1.165, 1.54) is 17.0 Å². The molecule has 1 N–H and O–H groups in total. The predicted molar refractivity (Wildman–Crippen MR) is 148 cm³/mol. The van der Waals surface area contributed by atoms with Crippen LogP contribution in [0.1, 0.15) is 30.5 Å². The van der Waals surface area contributed by atoms with Crippen LogP contribution < -0.4 is 9.62 Å². The second kappa shape index (κ2) is 13.2. The van der Waals surface area contributed by atoms with Gasteiger partial charge >= 0.3 is 0 Å². The maximum atomic E-state index is 13.9. The largest absolute Gasteiger partial charge is 0.355 e. The topological polar surface area (TPSA) is 86.8 Å². The molecule has 1 atom stereocenters. The molecular weight excluding hydrogens is 505 g/mol. The van der Waals surface area contributed by atoms with Gasteiger partial charge in [-0.2, -0.15) is 0 Å². The van der Waals surface area contributed by atoms with Gasteiger partial charge in [0, 0.05) is 19.5 Å². The molecule has 2 amide bonds. The van der Waals surface area contributed by atoms with Crippen molar-refractivity contribution in [1.29, 1.82) is 0 Å². The molecular formula is C29H34FN3O4S. The number of hydrogen-bond acceptors (Lipinski definition) is 4. The average Bonchev–Trinajstić information content (AvgIpc) is 2.90. The van der Waals surface area contributed by atoms with Gasteiger partial charge in [-0.25, -0.2) is 12.8 Å². The summed E-state index contributed by atoms with van der Waals surface area (Å²) < 4.78 is 40.2. The number of aryl methyl sites for hydroxylation is 1. The van der Waals surface area contributed by atoms with Crippen molar-refractivity contribution in [1.82, 2.24) is 10.2 Å². The Kier molecular flexibility index (Phi) is 10.0. The fourth-order valence-electron chi connectivity index (χ4n) is 4.14. The Labute approximate surface area is 224 Å². The number of hydrogen-bond donors (Lipinski definition) is 1. The van der Waals surface area contributed by atoms with Gasteiger partial charge in [0.2, 0.25) is 21.8 Å². The molecule has 9 heteroatoms. The Hall–Kier alpha value is -3.72. The second-order valence-electron chi connectivity index (χ2n) is 9.04. The lowest BCUT2D eigenvalue weighted by Crippen LogP contribution is -2.53. The van der Waals surface area contributed by atoms with Gasteiger partial charge in [-0.15, -0.1) is 0 Å². The number of nitrogens with one attached hydrogen (secondary N) is 1. The lowest BCUT2D eigenvalue weighted by Gasteiger charge is -2.33. The van der Waals surface area contributed by atoms with Crippen LogP contribution in [0.5, 0.6) is 0 Å². The highest BCUT2D eigenvalue weighted by molar-refractivity contribution is 7.92. The van der Waals surface area contributed by atoms with E-state index in [0.717, 1.165) is 28.1 Å². The number of carbonyl (C=O) groups excluding carboxylic acids is 2. The molecule has 7 nitrogen and oxygen atoms in total.